The Hall–Kier alpha value is 0.310. The van der Waals surface area contributed by atoms with E-state index in [2.05, 4.69) is 19.2 Å². The van der Waals surface area contributed by atoms with Gasteiger partial charge < -0.3 is 5.32 Å². The van der Waals surface area contributed by atoms with Gasteiger partial charge in [-0.3, -0.25) is 0 Å². The standard InChI is InChI=1S/C11H23NS/c1-3-13-9-8-12-11-6-4-10(2)5-7-11/h10-12H,3-9H2,1-2H3. The Morgan fingerprint density at radius 3 is 2.54 bits per heavy atom. The molecule has 0 atom stereocenters. The Kier molecular flexibility index (Phi) is 5.88. The topological polar surface area (TPSA) is 12.0 Å². The molecule has 1 saturated carbocycles. The van der Waals surface area contributed by atoms with Crippen LogP contribution in [0.3, 0.4) is 0 Å². The monoisotopic (exact) mass is 201 g/mol. The van der Waals surface area contributed by atoms with Crippen LogP contribution in [0.5, 0.6) is 0 Å². The van der Waals surface area contributed by atoms with Crippen LogP contribution in [0.2, 0.25) is 0 Å². The number of nitrogens with one attached hydrogen (secondary N) is 1. The van der Waals surface area contributed by atoms with Gasteiger partial charge in [0.05, 0.1) is 0 Å². The second-order valence-corrected chi connectivity index (χ2v) is 5.50. The van der Waals surface area contributed by atoms with Gasteiger partial charge in [0.1, 0.15) is 0 Å². The lowest BCUT2D eigenvalue weighted by Gasteiger charge is -2.26. The average Bonchev–Trinajstić information content (AvgIpc) is 2.15. The fraction of sp³-hybridized carbons (Fsp3) is 1.00. The summed E-state index contributed by atoms with van der Waals surface area (Å²) in [5, 5.41) is 3.66. The molecule has 1 N–H and O–H groups in total. The summed E-state index contributed by atoms with van der Waals surface area (Å²) in [5.74, 6) is 3.51. The normalized spacial score (nSPS) is 29.1. The van der Waals surface area contributed by atoms with Crippen molar-refractivity contribution in [3.05, 3.63) is 0 Å². The van der Waals surface area contributed by atoms with Crippen LogP contribution in [0.25, 0.3) is 0 Å². The van der Waals surface area contributed by atoms with E-state index in [1.807, 2.05) is 11.8 Å². The summed E-state index contributed by atoms with van der Waals surface area (Å²) in [6.07, 6.45) is 5.66. The molecule has 78 valence electrons. The van der Waals surface area contributed by atoms with Gasteiger partial charge in [-0.25, -0.2) is 0 Å². The fourth-order valence-electron chi connectivity index (χ4n) is 1.94. The van der Waals surface area contributed by atoms with Crippen LogP contribution in [0.4, 0.5) is 0 Å². The van der Waals surface area contributed by atoms with Crippen LogP contribution in [0, 0.1) is 5.92 Å². The van der Waals surface area contributed by atoms with Gasteiger partial charge in [0.2, 0.25) is 0 Å². The molecule has 0 unspecified atom stereocenters. The summed E-state index contributed by atoms with van der Waals surface area (Å²) in [4.78, 5) is 0. The molecule has 0 bridgehead atoms. The smallest absolute Gasteiger partial charge is 0.00675 e. The molecule has 0 spiro atoms. The highest BCUT2D eigenvalue weighted by Gasteiger charge is 2.16. The second-order valence-electron chi connectivity index (χ2n) is 4.11. The largest absolute Gasteiger partial charge is 0.313 e. The predicted octanol–water partition coefficient (Wildman–Crippen LogP) is 2.91. The van der Waals surface area contributed by atoms with Crippen molar-refractivity contribution in [2.75, 3.05) is 18.1 Å². The third kappa shape index (κ3) is 4.92. The van der Waals surface area contributed by atoms with Crippen molar-refractivity contribution < 1.29 is 0 Å². The van der Waals surface area contributed by atoms with Gasteiger partial charge in [0, 0.05) is 18.3 Å². The Bertz CT molecular complexity index is 119. The van der Waals surface area contributed by atoms with E-state index in [0.29, 0.717) is 0 Å². The molecule has 0 aromatic rings. The van der Waals surface area contributed by atoms with Crippen molar-refractivity contribution in [3.8, 4) is 0 Å². The van der Waals surface area contributed by atoms with Crippen LogP contribution in [-0.2, 0) is 0 Å². The third-order valence-electron chi connectivity index (χ3n) is 2.90. The highest BCUT2D eigenvalue weighted by molar-refractivity contribution is 7.99. The number of rotatable bonds is 5. The van der Waals surface area contributed by atoms with Crippen molar-refractivity contribution in [3.63, 3.8) is 0 Å². The van der Waals surface area contributed by atoms with Gasteiger partial charge in [0.25, 0.3) is 0 Å². The van der Waals surface area contributed by atoms with E-state index >= 15 is 0 Å². The summed E-state index contributed by atoms with van der Waals surface area (Å²) in [6, 6.07) is 0.827. The molecular formula is C11H23NS. The van der Waals surface area contributed by atoms with Crippen LogP contribution < -0.4 is 5.32 Å². The lowest BCUT2D eigenvalue weighted by atomic mass is 9.87. The van der Waals surface area contributed by atoms with Crippen LogP contribution >= 0.6 is 11.8 Å². The highest BCUT2D eigenvalue weighted by atomic mass is 32.2. The predicted molar refractivity (Wildman–Crippen MR) is 62.4 cm³/mol. The van der Waals surface area contributed by atoms with Crippen LogP contribution in [0.15, 0.2) is 0 Å². The minimum absolute atomic E-state index is 0.827. The van der Waals surface area contributed by atoms with Gasteiger partial charge in [0.15, 0.2) is 0 Å². The maximum absolute atomic E-state index is 3.66. The van der Waals surface area contributed by atoms with E-state index in [4.69, 9.17) is 0 Å². The second kappa shape index (κ2) is 6.72. The molecule has 2 heteroatoms. The Morgan fingerprint density at radius 1 is 1.23 bits per heavy atom. The number of thioether (sulfide) groups is 1. The maximum Gasteiger partial charge on any atom is 0.00675 e. The van der Waals surface area contributed by atoms with Gasteiger partial charge in [-0.2, -0.15) is 11.8 Å². The van der Waals surface area contributed by atoms with Crippen LogP contribution in [-0.4, -0.2) is 24.1 Å². The molecular weight excluding hydrogens is 178 g/mol. The molecule has 0 aliphatic heterocycles. The first-order valence-corrected chi connectivity index (χ1v) is 6.79. The zero-order valence-corrected chi connectivity index (χ0v) is 9.83. The molecule has 1 aliphatic rings. The summed E-state index contributed by atoms with van der Waals surface area (Å²) < 4.78 is 0. The lowest BCUT2D eigenvalue weighted by Crippen LogP contribution is -2.34. The molecule has 0 heterocycles. The van der Waals surface area contributed by atoms with E-state index in [-0.39, 0.29) is 0 Å². The van der Waals surface area contributed by atoms with E-state index in [1.54, 1.807) is 0 Å². The molecule has 1 aliphatic carbocycles. The summed E-state index contributed by atoms with van der Waals surface area (Å²) in [5.41, 5.74) is 0. The third-order valence-corrected chi connectivity index (χ3v) is 3.80. The van der Waals surface area contributed by atoms with E-state index in [1.165, 1.54) is 43.7 Å². The fourth-order valence-corrected chi connectivity index (χ4v) is 2.49. The molecule has 0 radical (unpaired) electrons. The number of hydrogen-bond acceptors (Lipinski definition) is 2. The molecule has 0 saturated heterocycles. The zero-order valence-electron chi connectivity index (χ0n) is 9.01. The zero-order chi connectivity index (χ0) is 9.52. The SMILES string of the molecule is CCSCCNC1CCC(C)CC1. The van der Waals surface area contributed by atoms with E-state index in [9.17, 15) is 0 Å². The van der Waals surface area contributed by atoms with Crippen molar-refractivity contribution >= 4 is 11.8 Å². The lowest BCUT2D eigenvalue weighted by molar-refractivity contribution is 0.312. The van der Waals surface area contributed by atoms with Crippen molar-refractivity contribution in [1.82, 2.24) is 5.32 Å². The first kappa shape index (κ1) is 11.4. The molecule has 0 aromatic heterocycles. The maximum atomic E-state index is 3.66. The molecule has 1 nitrogen and oxygen atoms in total. The van der Waals surface area contributed by atoms with Crippen molar-refractivity contribution in [2.45, 2.75) is 45.6 Å². The molecule has 1 fully saturated rings. The van der Waals surface area contributed by atoms with Crippen molar-refractivity contribution in [2.24, 2.45) is 5.92 Å². The summed E-state index contributed by atoms with van der Waals surface area (Å²) in [7, 11) is 0. The molecule has 0 amide bonds. The van der Waals surface area contributed by atoms with Crippen LogP contribution in [0.1, 0.15) is 39.5 Å². The molecule has 1 rings (SSSR count). The summed E-state index contributed by atoms with van der Waals surface area (Å²) >= 11 is 2.03. The molecule has 0 aromatic carbocycles. The van der Waals surface area contributed by atoms with Gasteiger partial charge in [-0.1, -0.05) is 13.8 Å². The van der Waals surface area contributed by atoms with Gasteiger partial charge >= 0.3 is 0 Å². The van der Waals surface area contributed by atoms with E-state index < -0.39 is 0 Å². The number of hydrogen-bond donors (Lipinski definition) is 1. The Morgan fingerprint density at radius 2 is 1.92 bits per heavy atom. The Balaban J connectivity index is 1.96. The van der Waals surface area contributed by atoms with E-state index in [0.717, 1.165) is 12.0 Å². The average molecular weight is 201 g/mol. The van der Waals surface area contributed by atoms with Gasteiger partial charge in [-0.05, 0) is 37.4 Å². The van der Waals surface area contributed by atoms with Crippen molar-refractivity contribution in [1.29, 1.82) is 0 Å². The summed E-state index contributed by atoms with van der Waals surface area (Å²) in [6.45, 7) is 5.81. The minimum atomic E-state index is 0.827. The quantitative estimate of drug-likeness (QED) is 0.686. The molecule has 13 heavy (non-hydrogen) atoms. The Labute approximate surface area is 87.1 Å². The minimum Gasteiger partial charge on any atom is -0.313 e. The van der Waals surface area contributed by atoms with Gasteiger partial charge in [-0.15, -0.1) is 0 Å². The first-order valence-electron chi connectivity index (χ1n) is 5.64. The highest BCUT2D eigenvalue weighted by Crippen LogP contribution is 2.23. The first-order chi connectivity index (χ1) is 6.33.